The zero-order valence-electron chi connectivity index (χ0n) is 15.0. The van der Waals surface area contributed by atoms with Gasteiger partial charge >= 0.3 is 6.01 Å². The summed E-state index contributed by atoms with van der Waals surface area (Å²) in [6.07, 6.45) is 0. The van der Waals surface area contributed by atoms with Gasteiger partial charge in [0.15, 0.2) is 11.6 Å². The van der Waals surface area contributed by atoms with Gasteiger partial charge in [0.1, 0.15) is 5.75 Å². The van der Waals surface area contributed by atoms with Gasteiger partial charge in [0, 0.05) is 25.7 Å². The van der Waals surface area contributed by atoms with Crippen LogP contribution in [0.25, 0.3) is 42.9 Å². The van der Waals surface area contributed by atoms with Crippen molar-refractivity contribution in [1.82, 2.24) is 15.0 Å². The fourth-order valence-electron chi connectivity index (χ4n) is 3.31. The van der Waals surface area contributed by atoms with Crippen LogP contribution in [0.15, 0.2) is 66.7 Å². The second kappa shape index (κ2) is 6.58. The van der Waals surface area contributed by atoms with E-state index in [2.05, 4.69) is 33.2 Å². The van der Waals surface area contributed by atoms with Crippen LogP contribution in [0.3, 0.4) is 0 Å². The molecule has 0 saturated carbocycles. The number of hydrogen-bond donors (Lipinski definition) is 1. The van der Waals surface area contributed by atoms with Gasteiger partial charge in [-0.3, -0.25) is 0 Å². The monoisotopic (exact) mass is 385 g/mol. The van der Waals surface area contributed by atoms with Gasteiger partial charge in [0.2, 0.25) is 0 Å². The lowest BCUT2D eigenvalue weighted by Gasteiger charge is -2.09. The summed E-state index contributed by atoms with van der Waals surface area (Å²) in [6.45, 7) is 0. The van der Waals surface area contributed by atoms with Crippen molar-refractivity contribution in [3.8, 4) is 34.5 Å². The van der Waals surface area contributed by atoms with Crippen molar-refractivity contribution >= 4 is 31.5 Å². The number of phenolic OH excluding ortho intramolecular Hbond substituents is 1. The molecule has 0 saturated heterocycles. The predicted octanol–water partition coefficient (Wildman–Crippen LogP) is 5.29. The summed E-state index contributed by atoms with van der Waals surface area (Å²) in [6, 6.07) is 21.6. The summed E-state index contributed by atoms with van der Waals surface area (Å²) in [4.78, 5) is 13.5. The number of phenols is 1. The molecule has 6 heteroatoms. The Balaban J connectivity index is 1.80. The SMILES string of the molecule is COc1nc(-c2ccccc2O)nc(-c2cccc3sc4ccccc4c23)n1. The largest absolute Gasteiger partial charge is 0.507 e. The first-order valence-electron chi connectivity index (χ1n) is 8.73. The number of aromatic nitrogens is 3. The molecule has 5 rings (SSSR count). The molecule has 2 aromatic heterocycles. The quantitative estimate of drug-likeness (QED) is 0.457. The normalized spacial score (nSPS) is 11.2. The van der Waals surface area contributed by atoms with Crippen molar-refractivity contribution in [2.24, 2.45) is 0 Å². The second-order valence-corrected chi connectivity index (χ2v) is 7.35. The molecular formula is C22H15N3O2S. The highest BCUT2D eigenvalue weighted by molar-refractivity contribution is 7.25. The molecule has 0 atom stereocenters. The molecule has 1 N–H and O–H groups in total. The summed E-state index contributed by atoms with van der Waals surface area (Å²) in [5.74, 6) is 0.997. The Bertz CT molecular complexity index is 1330. The topological polar surface area (TPSA) is 68.1 Å². The van der Waals surface area contributed by atoms with E-state index in [9.17, 15) is 5.11 Å². The van der Waals surface area contributed by atoms with E-state index in [4.69, 9.17) is 4.74 Å². The number of methoxy groups -OCH3 is 1. The van der Waals surface area contributed by atoms with Crippen LogP contribution in [0, 0.1) is 0 Å². The summed E-state index contributed by atoms with van der Waals surface area (Å²) in [7, 11) is 1.52. The first-order valence-corrected chi connectivity index (χ1v) is 9.55. The van der Waals surface area contributed by atoms with E-state index in [0.717, 1.165) is 10.9 Å². The molecule has 0 aliphatic carbocycles. The minimum atomic E-state index is 0.112. The maximum atomic E-state index is 10.2. The average molecular weight is 385 g/mol. The van der Waals surface area contributed by atoms with Crippen LogP contribution in [0.5, 0.6) is 11.8 Å². The zero-order chi connectivity index (χ0) is 19.1. The van der Waals surface area contributed by atoms with Crippen molar-refractivity contribution in [2.45, 2.75) is 0 Å². The van der Waals surface area contributed by atoms with Gasteiger partial charge in [-0.15, -0.1) is 11.3 Å². The molecule has 136 valence electrons. The smallest absolute Gasteiger partial charge is 0.320 e. The average Bonchev–Trinajstić information content (AvgIpc) is 3.12. The number of rotatable bonds is 3. The number of hydrogen-bond acceptors (Lipinski definition) is 6. The number of para-hydroxylation sites is 1. The van der Waals surface area contributed by atoms with Crippen molar-refractivity contribution in [1.29, 1.82) is 0 Å². The third-order valence-corrected chi connectivity index (χ3v) is 5.72. The van der Waals surface area contributed by atoms with E-state index in [1.807, 2.05) is 30.3 Å². The minimum absolute atomic E-state index is 0.112. The highest BCUT2D eigenvalue weighted by Crippen LogP contribution is 2.39. The fraction of sp³-hybridized carbons (Fsp3) is 0.0455. The lowest BCUT2D eigenvalue weighted by Crippen LogP contribution is -2.00. The molecule has 0 fully saturated rings. The van der Waals surface area contributed by atoms with Crippen LogP contribution in [0.2, 0.25) is 0 Å². The third kappa shape index (κ3) is 2.66. The molecule has 28 heavy (non-hydrogen) atoms. The summed E-state index contributed by atoms with van der Waals surface area (Å²) in [5, 5.41) is 12.5. The van der Waals surface area contributed by atoms with Gasteiger partial charge in [0.25, 0.3) is 0 Å². The van der Waals surface area contributed by atoms with Crippen molar-refractivity contribution in [3.63, 3.8) is 0 Å². The second-order valence-electron chi connectivity index (χ2n) is 6.26. The van der Waals surface area contributed by atoms with Gasteiger partial charge in [-0.2, -0.15) is 9.97 Å². The maximum Gasteiger partial charge on any atom is 0.320 e. The summed E-state index contributed by atoms with van der Waals surface area (Å²) >= 11 is 1.74. The molecule has 5 nitrogen and oxygen atoms in total. The number of thiophene rings is 1. The number of aromatic hydroxyl groups is 1. The van der Waals surface area contributed by atoms with E-state index in [-0.39, 0.29) is 11.8 Å². The minimum Gasteiger partial charge on any atom is -0.507 e. The maximum absolute atomic E-state index is 10.2. The van der Waals surface area contributed by atoms with Crippen molar-refractivity contribution in [2.75, 3.05) is 7.11 Å². The van der Waals surface area contributed by atoms with Gasteiger partial charge in [0.05, 0.1) is 12.7 Å². The van der Waals surface area contributed by atoms with E-state index in [1.54, 1.807) is 29.5 Å². The predicted molar refractivity (Wildman–Crippen MR) is 112 cm³/mol. The molecule has 3 aromatic carbocycles. The van der Waals surface area contributed by atoms with Gasteiger partial charge in [-0.05, 0) is 24.3 Å². The van der Waals surface area contributed by atoms with Crippen LogP contribution < -0.4 is 4.74 Å². The van der Waals surface area contributed by atoms with Crippen LogP contribution in [0.4, 0.5) is 0 Å². The Labute approximate surface area is 164 Å². The fourth-order valence-corrected chi connectivity index (χ4v) is 4.44. The molecular weight excluding hydrogens is 370 g/mol. The van der Waals surface area contributed by atoms with Crippen molar-refractivity contribution in [3.05, 3.63) is 66.7 Å². The van der Waals surface area contributed by atoms with Crippen LogP contribution in [0.1, 0.15) is 0 Å². The van der Waals surface area contributed by atoms with E-state index in [1.165, 1.54) is 21.9 Å². The zero-order valence-corrected chi connectivity index (χ0v) is 15.8. The van der Waals surface area contributed by atoms with E-state index in [0.29, 0.717) is 17.2 Å². The molecule has 0 bridgehead atoms. The number of fused-ring (bicyclic) bond motifs is 3. The number of ether oxygens (including phenoxy) is 1. The molecule has 0 spiro atoms. The number of benzene rings is 3. The lowest BCUT2D eigenvalue weighted by atomic mass is 10.1. The molecule has 0 aliphatic heterocycles. The van der Waals surface area contributed by atoms with Crippen LogP contribution >= 0.6 is 11.3 Å². The van der Waals surface area contributed by atoms with Crippen LogP contribution in [-0.4, -0.2) is 27.2 Å². The van der Waals surface area contributed by atoms with E-state index >= 15 is 0 Å². The molecule has 0 amide bonds. The standard InChI is InChI=1S/C22H15N3O2S/c1-27-22-24-20(13-7-2-4-10-16(13)26)23-21(25-22)15-9-6-12-18-19(15)14-8-3-5-11-17(14)28-18/h2-12,26H,1H3. The Kier molecular flexibility index (Phi) is 3.91. The molecule has 5 aromatic rings. The third-order valence-electron chi connectivity index (χ3n) is 4.59. The van der Waals surface area contributed by atoms with Gasteiger partial charge in [-0.25, -0.2) is 4.98 Å². The molecule has 0 aliphatic rings. The Morgan fingerprint density at radius 1 is 0.750 bits per heavy atom. The number of nitrogens with zero attached hydrogens (tertiary/aromatic N) is 3. The van der Waals surface area contributed by atoms with Crippen molar-refractivity contribution < 1.29 is 9.84 Å². The highest BCUT2D eigenvalue weighted by atomic mass is 32.1. The molecule has 2 heterocycles. The van der Waals surface area contributed by atoms with E-state index < -0.39 is 0 Å². The van der Waals surface area contributed by atoms with Crippen LogP contribution in [-0.2, 0) is 0 Å². The Hall–Kier alpha value is -3.51. The van der Waals surface area contributed by atoms with Gasteiger partial charge in [-0.1, -0.05) is 42.5 Å². The molecule has 0 unspecified atom stereocenters. The first-order chi connectivity index (χ1) is 13.7. The highest BCUT2D eigenvalue weighted by Gasteiger charge is 2.17. The molecule has 0 radical (unpaired) electrons. The summed E-state index contributed by atoms with van der Waals surface area (Å²) < 4.78 is 7.70. The Morgan fingerprint density at radius 2 is 1.43 bits per heavy atom. The Morgan fingerprint density at radius 3 is 2.25 bits per heavy atom. The summed E-state index contributed by atoms with van der Waals surface area (Å²) in [5.41, 5.74) is 1.44. The first kappa shape index (κ1) is 16.6. The van der Waals surface area contributed by atoms with Gasteiger partial charge < -0.3 is 9.84 Å². The lowest BCUT2D eigenvalue weighted by molar-refractivity contribution is 0.379.